The predicted octanol–water partition coefficient (Wildman–Crippen LogP) is -0.298. The monoisotopic (exact) mass is 342 g/mol. The molecule has 1 aliphatic heterocycles. The molecule has 2 fully saturated rings. The van der Waals surface area contributed by atoms with E-state index in [0.717, 1.165) is 19.4 Å². The highest BCUT2D eigenvalue weighted by atomic mass is 16.4. The molecule has 0 unspecified atom stereocenters. The summed E-state index contributed by atoms with van der Waals surface area (Å²) in [5, 5.41) is 27.4. The van der Waals surface area contributed by atoms with Gasteiger partial charge in [-0.1, -0.05) is 25.7 Å². The molecule has 0 spiro atoms. The predicted molar refractivity (Wildman–Crippen MR) is 85.7 cm³/mol. The third kappa shape index (κ3) is 5.68. The fraction of sp³-hybridized carbons (Fsp3) is 0.867. The normalized spacial score (nSPS) is 27.9. The van der Waals surface area contributed by atoms with E-state index in [4.69, 9.17) is 25.4 Å². The zero-order valence-electron chi connectivity index (χ0n) is 13.9. The first-order valence-corrected chi connectivity index (χ1v) is 8.47. The lowest BCUT2D eigenvalue weighted by molar-refractivity contribution is -0.191. The van der Waals surface area contributed by atoms with Crippen LogP contribution in [0.5, 0.6) is 0 Å². The van der Waals surface area contributed by atoms with Gasteiger partial charge in [0.2, 0.25) is 0 Å². The molecule has 0 radical (unpaired) electrons. The SMILES string of the molecule is N[C@@]1(C(=O)O)CN(C2CCCCC2)C[C@@H]1CCCB(O)O.O=C=O. The molecule has 2 rings (SSSR count). The Morgan fingerprint density at radius 2 is 1.83 bits per heavy atom. The van der Waals surface area contributed by atoms with E-state index >= 15 is 0 Å². The van der Waals surface area contributed by atoms with Crippen LogP contribution in [0.25, 0.3) is 0 Å². The minimum Gasteiger partial charge on any atom is -0.480 e. The largest absolute Gasteiger partial charge is 0.480 e. The summed E-state index contributed by atoms with van der Waals surface area (Å²) in [6, 6.07) is 0.467. The van der Waals surface area contributed by atoms with Gasteiger partial charge in [-0.2, -0.15) is 9.59 Å². The highest BCUT2D eigenvalue weighted by Crippen LogP contribution is 2.34. The quantitative estimate of drug-likeness (QED) is 0.482. The van der Waals surface area contributed by atoms with Gasteiger partial charge >= 0.3 is 19.2 Å². The number of carbonyl (C=O) groups is 1. The second-order valence-electron chi connectivity index (χ2n) is 6.76. The van der Waals surface area contributed by atoms with Crippen LogP contribution < -0.4 is 5.73 Å². The maximum absolute atomic E-state index is 11.6. The molecule has 0 bridgehead atoms. The van der Waals surface area contributed by atoms with Gasteiger partial charge in [-0.3, -0.25) is 9.69 Å². The van der Waals surface area contributed by atoms with Crippen molar-refractivity contribution in [2.24, 2.45) is 11.7 Å². The van der Waals surface area contributed by atoms with Crippen LogP contribution in [0.2, 0.25) is 6.32 Å². The maximum atomic E-state index is 11.6. The Bertz CT molecular complexity index is 438. The number of likely N-dealkylation sites (tertiary alicyclic amines) is 1. The Balaban J connectivity index is 0.000000891. The molecule has 0 amide bonds. The molecule has 0 aromatic carbocycles. The van der Waals surface area contributed by atoms with Crippen molar-refractivity contribution in [3.63, 3.8) is 0 Å². The van der Waals surface area contributed by atoms with E-state index in [-0.39, 0.29) is 18.4 Å². The Hall–Kier alpha value is -1.25. The molecule has 5 N–H and O–H groups in total. The zero-order chi connectivity index (χ0) is 18.2. The van der Waals surface area contributed by atoms with Crippen LogP contribution in [0.3, 0.4) is 0 Å². The van der Waals surface area contributed by atoms with Gasteiger partial charge in [0.1, 0.15) is 5.54 Å². The summed E-state index contributed by atoms with van der Waals surface area (Å²) in [4.78, 5) is 30.1. The molecule has 2 aliphatic rings. The first-order valence-electron chi connectivity index (χ1n) is 8.47. The molecular formula is C15H27BN2O6. The first-order chi connectivity index (χ1) is 11.3. The molecule has 1 saturated carbocycles. The van der Waals surface area contributed by atoms with E-state index in [0.29, 0.717) is 25.4 Å². The lowest BCUT2D eigenvalue weighted by atomic mass is 9.78. The average Bonchev–Trinajstić information content (AvgIpc) is 2.87. The van der Waals surface area contributed by atoms with Gasteiger partial charge in [0.25, 0.3) is 0 Å². The van der Waals surface area contributed by atoms with Crippen molar-refractivity contribution in [3.8, 4) is 0 Å². The Morgan fingerprint density at radius 1 is 1.25 bits per heavy atom. The topological polar surface area (TPSA) is 141 Å². The van der Waals surface area contributed by atoms with Crippen LogP contribution in [-0.4, -0.2) is 64.0 Å². The van der Waals surface area contributed by atoms with E-state index in [1.54, 1.807) is 0 Å². The van der Waals surface area contributed by atoms with Crippen LogP contribution in [-0.2, 0) is 14.4 Å². The van der Waals surface area contributed by atoms with Gasteiger partial charge in [-0.15, -0.1) is 0 Å². The zero-order valence-corrected chi connectivity index (χ0v) is 13.9. The summed E-state index contributed by atoms with van der Waals surface area (Å²) in [5.41, 5.74) is 5.00. The molecule has 1 heterocycles. The number of nitrogens with zero attached hydrogens (tertiary/aromatic N) is 1. The van der Waals surface area contributed by atoms with Gasteiger partial charge in [-0.05, 0) is 25.6 Å². The molecule has 0 aromatic rings. The lowest BCUT2D eigenvalue weighted by Gasteiger charge is -2.31. The highest BCUT2D eigenvalue weighted by Gasteiger charge is 2.50. The van der Waals surface area contributed by atoms with Gasteiger partial charge in [0.05, 0.1) is 0 Å². The molecule has 1 aliphatic carbocycles. The number of carbonyl (C=O) groups excluding carboxylic acids is 2. The van der Waals surface area contributed by atoms with Crippen molar-refractivity contribution in [1.82, 2.24) is 4.90 Å². The van der Waals surface area contributed by atoms with E-state index in [1.807, 2.05) is 0 Å². The van der Waals surface area contributed by atoms with Crippen LogP contribution in [0.4, 0.5) is 0 Å². The molecule has 1 saturated heterocycles. The number of hydrogen-bond acceptors (Lipinski definition) is 7. The second-order valence-corrected chi connectivity index (χ2v) is 6.76. The second kappa shape index (κ2) is 9.91. The van der Waals surface area contributed by atoms with Gasteiger partial charge in [0, 0.05) is 25.0 Å². The van der Waals surface area contributed by atoms with Crippen molar-refractivity contribution in [1.29, 1.82) is 0 Å². The van der Waals surface area contributed by atoms with Crippen LogP contribution in [0.15, 0.2) is 0 Å². The Kier molecular flexibility index (Phi) is 8.59. The summed E-state index contributed by atoms with van der Waals surface area (Å²) in [6.45, 7) is 1.13. The fourth-order valence-electron chi connectivity index (χ4n) is 3.84. The minimum atomic E-state index is -1.32. The molecule has 9 heteroatoms. The highest BCUT2D eigenvalue weighted by molar-refractivity contribution is 6.40. The van der Waals surface area contributed by atoms with Crippen LogP contribution in [0.1, 0.15) is 44.9 Å². The number of carboxylic acid groups (broad SMARTS) is 1. The van der Waals surface area contributed by atoms with E-state index in [1.165, 1.54) is 19.3 Å². The molecule has 2 atom stereocenters. The van der Waals surface area contributed by atoms with Crippen molar-refractivity contribution in [2.75, 3.05) is 13.1 Å². The van der Waals surface area contributed by atoms with Crippen molar-refractivity contribution in [3.05, 3.63) is 0 Å². The molecule has 136 valence electrons. The van der Waals surface area contributed by atoms with Gasteiger partial charge in [0.15, 0.2) is 0 Å². The Labute approximate surface area is 142 Å². The number of aliphatic carboxylic acids is 1. The number of carboxylic acids is 1. The average molecular weight is 342 g/mol. The smallest absolute Gasteiger partial charge is 0.451 e. The molecule has 0 aromatic heterocycles. The van der Waals surface area contributed by atoms with Crippen molar-refractivity contribution < 1.29 is 29.5 Å². The van der Waals surface area contributed by atoms with E-state index in [2.05, 4.69) is 4.90 Å². The van der Waals surface area contributed by atoms with Crippen LogP contribution in [0, 0.1) is 5.92 Å². The maximum Gasteiger partial charge on any atom is 0.451 e. The van der Waals surface area contributed by atoms with Gasteiger partial charge in [-0.25, -0.2) is 0 Å². The third-order valence-corrected chi connectivity index (χ3v) is 5.15. The van der Waals surface area contributed by atoms with E-state index in [9.17, 15) is 9.90 Å². The van der Waals surface area contributed by atoms with E-state index < -0.39 is 18.6 Å². The summed E-state index contributed by atoms with van der Waals surface area (Å²) in [5.74, 6) is -1.05. The van der Waals surface area contributed by atoms with Crippen molar-refractivity contribution >= 4 is 19.2 Å². The summed E-state index contributed by atoms with van der Waals surface area (Å²) < 4.78 is 0. The number of rotatable bonds is 6. The molecular weight excluding hydrogens is 315 g/mol. The lowest BCUT2D eigenvalue weighted by Crippen LogP contribution is -2.55. The minimum absolute atomic E-state index is 0.115. The standard InChI is InChI=1S/C14H27BN2O4.CO2/c16-14(13(18)19)10-17(12-6-2-1-3-7-12)9-11(14)5-4-8-15(20)21;2-1-3/h11-12,20-21H,1-10,16H2,(H,18,19);/t11-,14-;/m0./s1. The third-order valence-electron chi connectivity index (χ3n) is 5.15. The van der Waals surface area contributed by atoms with Crippen molar-refractivity contribution in [2.45, 2.75) is 62.8 Å². The number of hydrogen-bond donors (Lipinski definition) is 4. The molecule has 24 heavy (non-hydrogen) atoms. The molecule has 8 nitrogen and oxygen atoms in total. The summed E-state index contributed by atoms with van der Waals surface area (Å²) >= 11 is 0. The summed E-state index contributed by atoms with van der Waals surface area (Å²) in [6.07, 6.45) is 7.72. The van der Waals surface area contributed by atoms with Crippen LogP contribution >= 0.6 is 0 Å². The Morgan fingerprint density at radius 3 is 2.33 bits per heavy atom. The number of nitrogens with two attached hydrogens (primary N) is 1. The van der Waals surface area contributed by atoms with Gasteiger partial charge < -0.3 is 20.9 Å². The summed E-state index contributed by atoms with van der Waals surface area (Å²) in [7, 11) is -1.32. The fourth-order valence-corrected chi connectivity index (χ4v) is 3.84. The first kappa shape index (κ1) is 20.8.